The van der Waals surface area contributed by atoms with E-state index in [1.165, 1.54) is 36.6 Å². The van der Waals surface area contributed by atoms with Crippen LogP contribution in [0.1, 0.15) is 21.7 Å². The van der Waals surface area contributed by atoms with Gasteiger partial charge in [0.15, 0.2) is 0 Å². The minimum Gasteiger partial charge on any atom is -0.457 e. The van der Waals surface area contributed by atoms with Crippen LogP contribution in [0.25, 0.3) is 0 Å². The maximum atomic E-state index is 12.7. The summed E-state index contributed by atoms with van der Waals surface area (Å²) in [6.07, 6.45) is -2.16. The fraction of sp³-hybridized carbons (Fsp3) is 0.0476. The highest BCUT2D eigenvalue weighted by Crippen LogP contribution is 2.30. The predicted octanol–water partition coefficient (Wildman–Crippen LogP) is 3.61. The highest BCUT2D eigenvalue weighted by molar-refractivity contribution is 6.39. The second kappa shape index (κ2) is 9.60. The summed E-state index contributed by atoms with van der Waals surface area (Å²) < 4.78 is 48.4. The smallest absolute Gasteiger partial charge is 0.416 e. The van der Waals surface area contributed by atoms with Crippen molar-refractivity contribution in [3.05, 3.63) is 83.8 Å². The van der Waals surface area contributed by atoms with Gasteiger partial charge in [-0.05, 0) is 42.5 Å². The molecule has 0 aliphatic rings. The van der Waals surface area contributed by atoms with Crippen molar-refractivity contribution in [3.63, 3.8) is 0 Å². The van der Waals surface area contributed by atoms with Gasteiger partial charge in [0.1, 0.15) is 5.75 Å². The molecule has 1 aromatic heterocycles. The number of halogens is 3. The Morgan fingerprint density at radius 1 is 0.969 bits per heavy atom. The predicted molar refractivity (Wildman–Crippen MR) is 106 cm³/mol. The van der Waals surface area contributed by atoms with Gasteiger partial charge in [0.25, 0.3) is 0 Å². The largest absolute Gasteiger partial charge is 0.457 e. The van der Waals surface area contributed by atoms with Crippen molar-refractivity contribution in [2.45, 2.75) is 6.18 Å². The number of benzene rings is 2. The number of para-hydroxylation sites is 1. The molecule has 0 radical (unpaired) electrons. The number of amides is 2. The monoisotopic (exact) mass is 445 g/mol. The lowest BCUT2D eigenvalue weighted by Crippen LogP contribution is -2.32. The van der Waals surface area contributed by atoms with Gasteiger partial charge in [-0.2, -0.15) is 18.3 Å². The molecule has 2 aromatic carbocycles. The van der Waals surface area contributed by atoms with Crippen molar-refractivity contribution in [3.8, 4) is 5.75 Å². The van der Waals surface area contributed by atoms with E-state index < -0.39 is 29.5 Å². The van der Waals surface area contributed by atoms with Crippen LogP contribution in [0.2, 0.25) is 0 Å². The number of furan rings is 1. The molecule has 32 heavy (non-hydrogen) atoms. The van der Waals surface area contributed by atoms with E-state index in [9.17, 15) is 27.6 Å². The molecule has 0 saturated carbocycles. The van der Waals surface area contributed by atoms with Gasteiger partial charge < -0.3 is 14.5 Å². The third-order valence-electron chi connectivity index (χ3n) is 3.87. The lowest BCUT2D eigenvalue weighted by Gasteiger charge is -2.09. The molecule has 0 atom stereocenters. The Bertz CT molecular complexity index is 1160. The summed E-state index contributed by atoms with van der Waals surface area (Å²) in [4.78, 5) is 35.8. The van der Waals surface area contributed by atoms with Crippen molar-refractivity contribution >= 4 is 29.7 Å². The number of carbonyl (C=O) groups excluding carboxylic acids is 3. The Hall–Kier alpha value is -4.41. The molecule has 0 aliphatic heterocycles. The molecule has 2 N–H and O–H groups in total. The molecule has 0 spiro atoms. The standard InChI is InChI=1S/C21H14F3N3O5/c22-21(23,24)14-6-3-7-15(11-14)26-18(28)19(29)27-25-12-13-5-1-2-8-16(13)32-20(30)17-9-4-10-31-17/h1-12H,(H,26,28)(H,27,29)/b25-12+. The van der Waals surface area contributed by atoms with Crippen molar-refractivity contribution in [2.75, 3.05) is 5.32 Å². The first kappa shape index (κ1) is 22.3. The summed E-state index contributed by atoms with van der Waals surface area (Å²) in [5.74, 6) is -3.10. The van der Waals surface area contributed by atoms with E-state index in [2.05, 4.69) is 10.4 Å². The Kier molecular flexibility index (Phi) is 6.68. The fourth-order valence-electron chi connectivity index (χ4n) is 2.40. The second-order valence-electron chi connectivity index (χ2n) is 6.14. The van der Waals surface area contributed by atoms with Crippen LogP contribution in [-0.4, -0.2) is 24.0 Å². The number of ether oxygens (including phenoxy) is 1. The fourth-order valence-corrected chi connectivity index (χ4v) is 2.40. The Morgan fingerprint density at radius 3 is 2.47 bits per heavy atom. The summed E-state index contributed by atoms with van der Waals surface area (Å²) in [7, 11) is 0. The minimum atomic E-state index is -4.60. The van der Waals surface area contributed by atoms with Crippen molar-refractivity contribution in [2.24, 2.45) is 5.10 Å². The van der Waals surface area contributed by atoms with Crippen LogP contribution in [-0.2, 0) is 15.8 Å². The van der Waals surface area contributed by atoms with Crippen molar-refractivity contribution in [1.29, 1.82) is 0 Å². The minimum absolute atomic E-state index is 0.0173. The number of esters is 1. The second-order valence-corrected chi connectivity index (χ2v) is 6.14. The normalized spacial score (nSPS) is 11.2. The molecule has 1 heterocycles. The van der Waals surface area contributed by atoms with E-state index in [-0.39, 0.29) is 17.2 Å². The molecule has 0 aliphatic carbocycles. The molecular weight excluding hydrogens is 431 g/mol. The van der Waals surface area contributed by atoms with Gasteiger partial charge in [0.05, 0.1) is 18.0 Å². The average Bonchev–Trinajstić information content (AvgIpc) is 3.29. The summed E-state index contributed by atoms with van der Waals surface area (Å²) in [5, 5.41) is 5.66. The Morgan fingerprint density at radius 2 is 1.75 bits per heavy atom. The number of carbonyl (C=O) groups is 3. The van der Waals surface area contributed by atoms with E-state index in [1.54, 1.807) is 12.1 Å². The van der Waals surface area contributed by atoms with Crippen LogP contribution >= 0.6 is 0 Å². The highest BCUT2D eigenvalue weighted by Gasteiger charge is 2.30. The van der Waals surface area contributed by atoms with Crippen LogP contribution in [0.4, 0.5) is 18.9 Å². The van der Waals surface area contributed by atoms with Gasteiger partial charge in [0, 0.05) is 11.3 Å². The highest BCUT2D eigenvalue weighted by atomic mass is 19.4. The molecule has 0 unspecified atom stereocenters. The van der Waals surface area contributed by atoms with Crippen LogP contribution in [0.5, 0.6) is 5.75 Å². The van der Waals surface area contributed by atoms with Crippen LogP contribution in [0, 0.1) is 0 Å². The summed E-state index contributed by atoms with van der Waals surface area (Å²) in [5.41, 5.74) is 1.05. The molecule has 3 aromatic rings. The quantitative estimate of drug-likeness (QED) is 0.205. The van der Waals surface area contributed by atoms with Gasteiger partial charge in [-0.25, -0.2) is 10.2 Å². The molecule has 0 bridgehead atoms. The molecule has 8 nitrogen and oxygen atoms in total. The van der Waals surface area contributed by atoms with Crippen molar-refractivity contribution < 1.29 is 36.7 Å². The number of hydrazone groups is 1. The third-order valence-corrected chi connectivity index (χ3v) is 3.87. The first-order valence-corrected chi connectivity index (χ1v) is 8.90. The summed E-state index contributed by atoms with van der Waals surface area (Å²) >= 11 is 0. The topological polar surface area (TPSA) is 110 Å². The number of alkyl halides is 3. The first-order chi connectivity index (χ1) is 15.2. The van der Waals surface area contributed by atoms with E-state index in [4.69, 9.17) is 9.15 Å². The third kappa shape index (κ3) is 5.81. The molecule has 2 amide bonds. The molecule has 11 heteroatoms. The van der Waals surface area contributed by atoms with E-state index in [1.807, 2.05) is 5.43 Å². The summed E-state index contributed by atoms with van der Waals surface area (Å²) in [6.45, 7) is 0. The molecule has 164 valence electrons. The van der Waals surface area contributed by atoms with E-state index in [0.29, 0.717) is 11.6 Å². The van der Waals surface area contributed by atoms with Gasteiger partial charge >= 0.3 is 24.0 Å². The SMILES string of the molecule is O=C(N/N=C/c1ccccc1OC(=O)c1ccco1)C(=O)Nc1cccc(C(F)(F)F)c1. The number of nitrogens with one attached hydrogen (secondary N) is 2. The maximum Gasteiger partial charge on any atom is 0.416 e. The molecule has 0 fully saturated rings. The van der Waals surface area contributed by atoms with E-state index >= 15 is 0 Å². The Balaban J connectivity index is 1.61. The van der Waals surface area contributed by atoms with Gasteiger partial charge in [0.2, 0.25) is 5.76 Å². The lowest BCUT2D eigenvalue weighted by molar-refractivity contribution is -0.137. The zero-order valence-electron chi connectivity index (χ0n) is 16.1. The molecule has 3 rings (SSSR count). The molecule has 0 saturated heterocycles. The van der Waals surface area contributed by atoms with Crippen LogP contribution in [0.15, 0.2) is 76.4 Å². The molecular formula is C21H14F3N3O5. The lowest BCUT2D eigenvalue weighted by atomic mass is 10.2. The van der Waals surface area contributed by atoms with Gasteiger partial charge in [-0.15, -0.1) is 0 Å². The number of anilines is 1. The van der Waals surface area contributed by atoms with Gasteiger partial charge in [-0.1, -0.05) is 18.2 Å². The zero-order valence-corrected chi connectivity index (χ0v) is 16.1. The van der Waals surface area contributed by atoms with Crippen molar-refractivity contribution in [1.82, 2.24) is 5.43 Å². The first-order valence-electron chi connectivity index (χ1n) is 8.90. The zero-order chi connectivity index (χ0) is 23.1. The average molecular weight is 445 g/mol. The number of rotatable bonds is 5. The number of nitrogens with zero attached hydrogens (tertiary/aromatic N) is 1. The maximum absolute atomic E-state index is 12.7. The Labute approximate surface area is 178 Å². The summed E-state index contributed by atoms with van der Waals surface area (Å²) in [6, 6.07) is 13.0. The number of hydrogen-bond donors (Lipinski definition) is 2. The van der Waals surface area contributed by atoms with E-state index in [0.717, 1.165) is 18.3 Å². The number of hydrogen-bond acceptors (Lipinski definition) is 6. The van der Waals surface area contributed by atoms with Crippen LogP contribution < -0.4 is 15.5 Å². The van der Waals surface area contributed by atoms with Crippen LogP contribution in [0.3, 0.4) is 0 Å². The van der Waals surface area contributed by atoms with Gasteiger partial charge in [-0.3, -0.25) is 9.59 Å².